The van der Waals surface area contributed by atoms with Gasteiger partial charge in [-0.15, -0.1) is 0 Å². The summed E-state index contributed by atoms with van der Waals surface area (Å²) in [4.78, 5) is 12.2. The Hall–Kier alpha value is -1.36. The number of hydrogen-bond donors (Lipinski definition) is 0. The first-order valence-electron chi connectivity index (χ1n) is 5.20. The molecule has 1 aromatic carbocycles. The molecule has 1 saturated heterocycles. The van der Waals surface area contributed by atoms with Crippen LogP contribution in [0.5, 0.6) is 0 Å². The summed E-state index contributed by atoms with van der Waals surface area (Å²) in [5.41, 5.74) is 0.707. The van der Waals surface area contributed by atoms with Gasteiger partial charge in [0, 0.05) is 5.02 Å². The van der Waals surface area contributed by atoms with Crippen LogP contribution in [0.3, 0.4) is 0 Å². The van der Waals surface area contributed by atoms with Crippen LogP contribution in [-0.4, -0.2) is 13.2 Å². The molecule has 2 heterocycles. The quantitative estimate of drug-likeness (QED) is 0.782. The molecule has 0 radical (unpaired) electrons. The highest BCUT2D eigenvalue weighted by atomic mass is 35.5. The molecular weight excluding hydrogens is 244 g/mol. The van der Waals surface area contributed by atoms with Crippen LogP contribution < -0.4 is 5.43 Å². The second-order valence-corrected chi connectivity index (χ2v) is 4.17. The lowest BCUT2D eigenvalue weighted by Gasteiger charge is -2.08. The van der Waals surface area contributed by atoms with E-state index in [0.717, 1.165) is 0 Å². The fourth-order valence-corrected chi connectivity index (χ4v) is 1.99. The maximum atomic E-state index is 12.2. The molecule has 0 atom stereocenters. The monoisotopic (exact) mass is 252 g/mol. The van der Waals surface area contributed by atoms with E-state index in [0.29, 0.717) is 34.8 Å². The highest BCUT2D eigenvalue weighted by molar-refractivity contribution is 6.31. The van der Waals surface area contributed by atoms with Gasteiger partial charge >= 0.3 is 0 Å². The summed E-state index contributed by atoms with van der Waals surface area (Å²) in [6, 6.07) is 4.93. The average molecular weight is 253 g/mol. The number of rotatable bonds is 1. The van der Waals surface area contributed by atoms with Gasteiger partial charge in [-0.3, -0.25) is 4.79 Å². The molecule has 0 unspecified atom stereocenters. The summed E-state index contributed by atoms with van der Waals surface area (Å²) in [5.74, 6) is 0. The predicted molar refractivity (Wildman–Crippen MR) is 62.1 cm³/mol. The maximum Gasteiger partial charge on any atom is 0.201 e. The summed E-state index contributed by atoms with van der Waals surface area (Å²) in [5, 5.41) is 0.935. The largest absolute Gasteiger partial charge is 0.464 e. The number of ether oxygens (including phenoxy) is 2. The molecule has 1 aliphatic rings. The average Bonchev–Trinajstić information content (AvgIpc) is 2.84. The molecule has 0 bridgehead atoms. The topological polar surface area (TPSA) is 48.7 Å². The maximum absolute atomic E-state index is 12.2. The Balaban J connectivity index is 2.21. The minimum Gasteiger partial charge on any atom is -0.464 e. The third kappa shape index (κ3) is 1.84. The SMILES string of the molecule is O=c1c(C2OCCO2)coc2ccc(Cl)cc12. The smallest absolute Gasteiger partial charge is 0.201 e. The van der Waals surface area contributed by atoms with Crippen LogP contribution in [0.25, 0.3) is 11.0 Å². The number of hydrogen-bond acceptors (Lipinski definition) is 4. The van der Waals surface area contributed by atoms with Gasteiger partial charge in [-0.05, 0) is 18.2 Å². The summed E-state index contributed by atoms with van der Waals surface area (Å²) >= 11 is 5.86. The summed E-state index contributed by atoms with van der Waals surface area (Å²) in [6.07, 6.45) is 0.754. The Labute approximate surface area is 102 Å². The van der Waals surface area contributed by atoms with Gasteiger partial charge in [0.05, 0.1) is 24.2 Å². The first-order chi connectivity index (χ1) is 8.25. The van der Waals surface area contributed by atoms with Crippen molar-refractivity contribution in [2.45, 2.75) is 6.29 Å². The fourth-order valence-electron chi connectivity index (χ4n) is 1.82. The zero-order valence-corrected chi connectivity index (χ0v) is 9.57. The lowest BCUT2D eigenvalue weighted by atomic mass is 10.1. The molecular formula is C12H9ClO4. The Morgan fingerprint density at radius 3 is 2.76 bits per heavy atom. The zero-order valence-electron chi connectivity index (χ0n) is 8.81. The minimum atomic E-state index is -0.630. The lowest BCUT2D eigenvalue weighted by molar-refractivity contribution is -0.0457. The number of fused-ring (bicyclic) bond motifs is 1. The van der Waals surface area contributed by atoms with Gasteiger partial charge in [0.25, 0.3) is 0 Å². The van der Waals surface area contributed by atoms with Gasteiger partial charge in [0.15, 0.2) is 6.29 Å². The van der Waals surface area contributed by atoms with Crippen molar-refractivity contribution in [3.8, 4) is 0 Å². The number of benzene rings is 1. The van der Waals surface area contributed by atoms with Crippen molar-refractivity contribution in [2.75, 3.05) is 13.2 Å². The molecule has 1 fully saturated rings. The van der Waals surface area contributed by atoms with Gasteiger partial charge in [0.1, 0.15) is 11.8 Å². The molecule has 0 N–H and O–H groups in total. The van der Waals surface area contributed by atoms with Crippen LogP contribution in [0.2, 0.25) is 5.02 Å². The van der Waals surface area contributed by atoms with E-state index in [4.69, 9.17) is 25.5 Å². The van der Waals surface area contributed by atoms with Crippen molar-refractivity contribution in [3.05, 3.63) is 45.3 Å². The van der Waals surface area contributed by atoms with Crippen molar-refractivity contribution in [3.63, 3.8) is 0 Å². The third-order valence-corrected chi connectivity index (χ3v) is 2.87. The summed E-state index contributed by atoms with van der Waals surface area (Å²) < 4.78 is 15.9. The lowest BCUT2D eigenvalue weighted by Crippen LogP contribution is -2.13. The Morgan fingerprint density at radius 1 is 1.24 bits per heavy atom. The van der Waals surface area contributed by atoms with E-state index >= 15 is 0 Å². The Morgan fingerprint density at radius 2 is 2.00 bits per heavy atom. The van der Waals surface area contributed by atoms with Crippen LogP contribution in [0.15, 0.2) is 33.7 Å². The second kappa shape index (κ2) is 4.14. The van der Waals surface area contributed by atoms with Crippen molar-refractivity contribution in [1.82, 2.24) is 0 Å². The van der Waals surface area contributed by atoms with E-state index in [9.17, 15) is 4.79 Å². The molecule has 88 valence electrons. The fraction of sp³-hybridized carbons (Fsp3) is 0.250. The van der Waals surface area contributed by atoms with Crippen LogP contribution >= 0.6 is 11.6 Å². The van der Waals surface area contributed by atoms with E-state index in [1.807, 2.05) is 0 Å². The van der Waals surface area contributed by atoms with Crippen molar-refractivity contribution in [2.24, 2.45) is 0 Å². The van der Waals surface area contributed by atoms with E-state index in [-0.39, 0.29) is 5.43 Å². The van der Waals surface area contributed by atoms with Gasteiger partial charge in [-0.2, -0.15) is 0 Å². The van der Waals surface area contributed by atoms with Crippen molar-refractivity contribution in [1.29, 1.82) is 0 Å². The highest BCUT2D eigenvalue weighted by Gasteiger charge is 2.23. The normalized spacial score (nSPS) is 16.8. The van der Waals surface area contributed by atoms with E-state index < -0.39 is 6.29 Å². The summed E-state index contributed by atoms with van der Waals surface area (Å²) in [6.45, 7) is 0.968. The predicted octanol–water partition coefficient (Wildman–Crippen LogP) is 2.49. The molecule has 17 heavy (non-hydrogen) atoms. The molecule has 3 rings (SSSR count). The molecule has 1 aliphatic heterocycles. The van der Waals surface area contributed by atoms with Gasteiger partial charge in [0.2, 0.25) is 5.43 Å². The first-order valence-corrected chi connectivity index (χ1v) is 5.58. The second-order valence-electron chi connectivity index (χ2n) is 3.73. The molecule has 0 saturated carbocycles. The van der Waals surface area contributed by atoms with Gasteiger partial charge < -0.3 is 13.9 Å². The third-order valence-electron chi connectivity index (χ3n) is 2.64. The number of halogens is 1. The van der Waals surface area contributed by atoms with Crippen molar-refractivity contribution >= 4 is 22.6 Å². The standard InChI is InChI=1S/C12H9ClO4/c13-7-1-2-10-8(5-7)11(14)9(6-17-10)12-15-3-4-16-12/h1-2,5-6,12H,3-4H2. The van der Waals surface area contributed by atoms with E-state index in [1.54, 1.807) is 18.2 Å². The van der Waals surface area contributed by atoms with Crippen LogP contribution in [0, 0.1) is 0 Å². The molecule has 1 aromatic heterocycles. The highest BCUT2D eigenvalue weighted by Crippen LogP contribution is 2.23. The zero-order chi connectivity index (χ0) is 11.8. The molecule has 5 heteroatoms. The summed E-state index contributed by atoms with van der Waals surface area (Å²) in [7, 11) is 0. The molecule has 0 amide bonds. The Bertz CT molecular complexity index is 613. The van der Waals surface area contributed by atoms with Crippen molar-refractivity contribution < 1.29 is 13.9 Å². The van der Waals surface area contributed by atoms with E-state index in [1.165, 1.54) is 6.26 Å². The molecule has 4 nitrogen and oxygen atoms in total. The minimum absolute atomic E-state index is 0.166. The van der Waals surface area contributed by atoms with E-state index in [2.05, 4.69) is 0 Å². The first kappa shape index (κ1) is 10.8. The van der Waals surface area contributed by atoms with Crippen LogP contribution in [0.4, 0.5) is 0 Å². The van der Waals surface area contributed by atoms with Gasteiger partial charge in [-0.25, -0.2) is 0 Å². The molecule has 2 aromatic rings. The van der Waals surface area contributed by atoms with Crippen LogP contribution in [0.1, 0.15) is 11.9 Å². The molecule has 0 aliphatic carbocycles. The molecule has 0 spiro atoms. The van der Waals surface area contributed by atoms with Gasteiger partial charge in [-0.1, -0.05) is 11.6 Å². The van der Waals surface area contributed by atoms with Crippen LogP contribution in [-0.2, 0) is 9.47 Å². The Kier molecular flexibility index (Phi) is 2.63.